The zero-order valence-electron chi connectivity index (χ0n) is 32.1. The second-order valence-electron chi connectivity index (χ2n) is 14.4. The van der Waals surface area contributed by atoms with Crippen LogP contribution < -0.4 is 16.0 Å². The van der Waals surface area contributed by atoms with Gasteiger partial charge in [-0.1, -0.05) is 86.9 Å². The number of aromatic hydroxyl groups is 1. The van der Waals surface area contributed by atoms with E-state index in [1.165, 1.54) is 11.3 Å². The number of aromatic nitrogens is 1. The number of likely N-dealkylation sites (N-methyl/N-ethyl adjacent to an activating group) is 1. The van der Waals surface area contributed by atoms with Crippen LogP contribution in [0.1, 0.15) is 115 Å². The Kier molecular flexibility index (Phi) is 18.1. The highest BCUT2D eigenvalue weighted by Crippen LogP contribution is 2.29. The summed E-state index contributed by atoms with van der Waals surface area (Å²) in [5.74, 6) is -0.885. The molecule has 11 nitrogen and oxygen atoms in total. The van der Waals surface area contributed by atoms with Gasteiger partial charge in [0.15, 0.2) is 0 Å². The standard InChI is InChI=1S/C39H63N5O6S/c1-11-18-44(39(50)35(25(7)13-3)43-37(49)34(40-10)24(6)12-2)32(23(4)5)21-33(47)38-42-31(22-51-38)36(48)41-29(19-26(8)27(9)45)20-28-14-16-30(46)17-15-28/h14-17,22-26,29,32-35,40,45-47H,9,11-13,18-21H2,1-8,10H3,(H,41,48)(H,43,49)/t24-,25-,26-,29+,32+,33+,34+,35-/m0/s1. The molecule has 1 heterocycles. The Morgan fingerprint density at radius 3 is 2.08 bits per heavy atom. The number of thiazole rings is 1. The number of hydrogen-bond donors (Lipinski definition) is 6. The van der Waals surface area contributed by atoms with Gasteiger partial charge in [-0.05, 0) is 61.8 Å². The molecular weight excluding hydrogens is 667 g/mol. The fourth-order valence-corrected chi connectivity index (χ4v) is 7.06. The van der Waals surface area contributed by atoms with Crippen LogP contribution in [0.15, 0.2) is 42.0 Å². The van der Waals surface area contributed by atoms with Crippen molar-refractivity contribution >= 4 is 29.1 Å². The lowest BCUT2D eigenvalue weighted by molar-refractivity contribution is -0.142. The lowest BCUT2D eigenvalue weighted by Gasteiger charge is -2.39. The third-order valence-electron chi connectivity index (χ3n) is 9.97. The third-order valence-corrected chi connectivity index (χ3v) is 10.9. The van der Waals surface area contributed by atoms with E-state index >= 15 is 0 Å². The summed E-state index contributed by atoms with van der Waals surface area (Å²) in [6.07, 6.45) is 2.30. The molecule has 1 aromatic carbocycles. The predicted octanol–water partition coefficient (Wildman–Crippen LogP) is 6.14. The topological polar surface area (TPSA) is 164 Å². The highest BCUT2D eigenvalue weighted by atomic mass is 32.1. The number of aliphatic hydroxyl groups is 2. The number of phenols is 1. The van der Waals surface area contributed by atoms with Crippen LogP contribution >= 0.6 is 11.3 Å². The highest BCUT2D eigenvalue weighted by molar-refractivity contribution is 7.09. The maximum absolute atomic E-state index is 14.4. The Morgan fingerprint density at radius 2 is 1.55 bits per heavy atom. The molecule has 0 spiro atoms. The third kappa shape index (κ3) is 12.9. The number of nitrogens with one attached hydrogen (secondary N) is 3. The first-order valence-corrected chi connectivity index (χ1v) is 19.3. The van der Waals surface area contributed by atoms with Crippen LogP contribution in [0, 0.1) is 23.7 Å². The molecule has 0 unspecified atom stereocenters. The van der Waals surface area contributed by atoms with Crippen LogP contribution in [0.5, 0.6) is 5.75 Å². The van der Waals surface area contributed by atoms with Crippen molar-refractivity contribution in [1.82, 2.24) is 25.8 Å². The first-order valence-electron chi connectivity index (χ1n) is 18.5. The monoisotopic (exact) mass is 729 g/mol. The number of carbonyl (C=O) groups excluding carboxylic acids is 3. The van der Waals surface area contributed by atoms with Gasteiger partial charge in [-0.15, -0.1) is 11.3 Å². The van der Waals surface area contributed by atoms with Gasteiger partial charge in [0.2, 0.25) is 11.8 Å². The van der Waals surface area contributed by atoms with E-state index in [1.807, 2.05) is 60.3 Å². The Hall–Kier alpha value is -3.48. The summed E-state index contributed by atoms with van der Waals surface area (Å²) in [5, 5.41) is 42.3. The Morgan fingerprint density at radius 1 is 0.941 bits per heavy atom. The summed E-state index contributed by atoms with van der Waals surface area (Å²) in [4.78, 5) is 47.5. The van der Waals surface area contributed by atoms with Crippen molar-refractivity contribution in [3.05, 3.63) is 58.2 Å². The molecule has 2 rings (SSSR count). The second-order valence-corrected chi connectivity index (χ2v) is 15.2. The molecule has 0 bridgehead atoms. The summed E-state index contributed by atoms with van der Waals surface area (Å²) in [5.41, 5.74) is 1.07. The molecule has 6 N–H and O–H groups in total. The molecule has 0 aliphatic rings. The van der Waals surface area contributed by atoms with Crippen molar-refractivity contribution in [2.75, 3.05) is 13.6 Å². The summed E-state index contributed by atoms with van der Waals surface area (Å²) in [6.45, 7) is 20.0. The summed E-state index contributed by atoms with van der Waals surface area (Å²) < 4.78 is 0. The van der Waals surface area contributed by atoms with E-state index in [9.17, 15) is 29.7 Å². The number of carbonyl (C=O) groups is 3. The number of benzene rings is 1. The van der Waals surface area contributed by atoms with E-state index in [2.05, 4.69) is 27.5 Å². The largest absolute Gasteiger partial charge is 0.513 e. The van der Waals surface area contributed by atoms with Gasteiger partial charge in [0.05, 0.1) is 11.8 Å². The average Bonchev–Trinajstić information content (AvgIpc) is 3.60. The maximum atomic E-state index is 14.4. The molecule has 0 fully saturated rings. The first kappa shape index (κ1) is 43.7. The van der Waals surface area contributed by atoms with Gasteiger partial charge in [0, 0.05) is 36.3 Å². The number of allylic oxidation sites excluding steroid dienone is 1. The van der Waals surface area contributed by atoms with E-state index in [-0.39, 0.29) is 71.2 Å². The zero-order chi connectivity index (χ0) is 38.4. The van der Waals surface area contributed by atoms with Gasteiger partial charge in [-0.25, -0.2) is 4.98 Å². The molecule has 51 heavy (non-hydrogen) atoms. The fourth-order valence-electron chi connectivity index (χ4n) is 6.26. The lowest BCUT2D eigenvalue weighted by atomic mass is 9.91. The van der Waals surface area contributed by atoms with Crippen molar-refractivity contribution in [3.8, 4) is 5.75 Å². The van der Waals surface area contributed by atoms with Gasteiger partial charge in [0.1, 0.15) is 28.6 Å². The molecule has 0 saturated heterocycles. The average molecular weight is 730 g/mol. The van der Waals surface area contributed by atoms with Crippen LogP contribution in [0.3, 0.4) is 0 Å². The molecule has 12 heteroatoms. The molecule has 3 amide bonds. The van der Waals surface area contributed by atoms with Gasteiger partial charge >= 0.3 is 0 Å². The highest BCUT2D eigenvalue weighted by Gasteiger charge is 2.37. The fraction of sp³-hybridized carbons (Fsp3) is 0.641. The van der Waals surface area contributed by atoms with Gasteiger partial charge in [-0.3, -0.25) is 14.4 Å². The van der Waals surface area contributed by atoms with E-state index in [1.54, 1.807) is 36.7 Å². The van der Waals surface area contributed by atoms with E-state index in [0.717, 1.165) is 12.0 Å². The van der Waals surface area contributed by atoms with Crippen LogP contribution in [0.2, 0.25) is 0 Å². The van der Waals surface area contributed by atoms with Crippen molar-refractivity contribution in [2.24, 2.45) is 23.7 Å². The minimum atomic E-state index is -1.03. The van der Waals surface area contributed by atoms with Crippen LogP contribution in [-0.4, -0.2) is 80.7 Å². The Bertz CT molecular complexity index is 1400. The van der Waals surface area contributed by atoms with Crippen molar-refractivity contribution in [2.45, 2.75) is 124 Å². The molecule has 0 aliphatic heterocycles. The minimum Gasteiger partial charge on any atom is -0.513 e. The van der Waals surface area contributed by atoms with E-state index in [4.69, 9.17) is 0 Å². The van der Waals surface area contributed by atoms with Crippen molar-refractivity contribution in [3.63, 3.8) is 0 Å². The molecule has 2 aromatic rings. The first-order chi connectivity index (χ1) is 24.1. The van der Waals surface area contributed by atoms with Crippen LogP contribution in [-0.2, 0) is 16.0 Å². The number of rotatable bonds is 22. The molecule has 0 radical (unpaired) electrons. The molecule has 1 aromatic heterocycles. The summed E-state index contributed by atoms with van der Waals surface area (Å²) in [6, 6.07) is 4.89. The molecule has 0 aliphatic carbocycles. The number of amides is 3. The van der Waals surface area contributed by atoms with E-state index in [0.29, 0.717) is 37.2 Å². The molecular formula is C39H63N5O6S. The van der Waals surface area contributed by atoms with Gasteiger partial charge in [0.25, 0.3) is 5.91 Å². The van der Waals surface area contributed by atoms with Crippen molar-refractivity contribution in [1.29, 1.82) is 0 Å². The predicted molar refractivity (Wildman–Crippen MR) is 205 cm³/mol. The number of nitrogens with zero attached hydrogens (tertiary/aromatic N) is 2. The Balaban J connectivity index is 2.29. The normalized spacial score (nSPS) is 16.3. The Labute approximate surface area is 309 Å². The van der Waals surface area contributed by atoms with Crippen LogP contribution in [0.4, 0.5) is 0 Å². The molecule has 0 saturated carbocycles. The van der Waals surface area contributed by atoms with Crippen molar-refractivity contribution < 1.29 is 29.7 Å². The maximum Gasteiger partial charge on any atom is 0.270 e. The second kappa shape index (κ2) is 21.1. The number of aliphatic hydroxyl groups excluding tert-OH is 2. The van der Waals surface area contributed by atoms with Gasteiger partial charge in [-0.2, -0.15) is 0 Å². The zero-order valence-corrected chi connectivity index (χ0v) is 32.9. The van der Waals surface area contributed by atoms with Crippen LogP contribution in [0.25, 0.3) is 0 Å². The SMILES string of the molecule is C=C(O)[C@@H](C)C[C@H](Cc1ccc(O)cc1)NC(=O)c1csc([C@H](O)C[C@H](C(C)C)N(CCC)C(=O)[C@@H](NC(=O)[C@H](NC)[C@@H](C)CC)[C@@H](C)CC)n1. The summed E-state index contributed by atoms with van der Waals surface area (Å²) in [7, 11) is 1.76. The van der Waals surface area contributed by atoms with E-state index < -0.39 is 24.1 Å². The number of phenolic OH excluding ortho intramolecular Hbond substituents is 1. The molecule has 286 valence electrons. The smallest absolute Gasteiger partial charge is 0.270 e. The minimum absolute atomic E-state index is 0.0136. The number of hydrogen-bond acceptors (Lipinski definition) is 9. The summed E-state index contributed by atoms with van der Waals surface area (Å²) >= 11 is 1.19. The lowest BCUT2D eigenvalue weighted by Crippen LogP contribution is -2.58. The quantitative estimate of drug-likeness (QED) is 0.0788. The molecule has 8 atom stereocenters. The van der Waals surface area contributed by atoms with Gasteiger partial charge < -0.3 is 36.2 Å².